The molecule has 2 aromatic heterocycles. The highest BCUT2D eigenvalue weighted by Gasteiger charge is 2.11. The van der Waals surface area contributed by atoms with Crippen molar-refractivity contribution in [2.45, 2.75) is 6.92 Å². The molecule has 0 spiro atoms. The third-order valence-corrected chi connectivity index (χ3v) is 3.97. The molecule has 122 valence electrons. The highest BCUT2D eigenvalue weighted by Crippen LogP contribution is 2.26. The van der Waals surface area contributed by atoms with Crippen LogP contribution >= 0.6 is 11.3 Å². The maximum atomic E-state index is 12.1. The number of thiophene rings is 1. The van der Waals surface area contributed by atoms with Gasteiger partial charge in [0.2, 0.25) is 5.91 Å². The number of hydrogen-bond donors (Lipinski definition) is 1. The minimum atomic E-state index is -0.217. The first-order valence-corrected chi connectivity index (χ1v) is 8.06. The molecule has 3 rings (SSSR count). The summed E-state index contributed by atoms with van der Waals surface area (Å²) in [6, 6.07) is 7.23. The molecule has 0 radical (unpaired) electrons. The van der Waals surface area contributed by atoms with E-state index in [1.165, 1.54) is 6.08 Å². The summed E-state index contributed by atoms with van der Waals surface area (Å²) in [6.07, 6.45) is 3.26. The summed E-state index contributed by atoms with van der Waals surface area (Å²) < 4.78 is 6.89. The molecular formula is C16H15N5O2S. The number of ether oxygens (including phenoxy) is 1. The Hall–Kier alpha value is -3.00. The van der Waals surface area contributed by atoms with Crippen molar-refractivity contribution >= 4 is 29.0 Å². The zero-order chi connectivity index (χ0) is 16.9. The van der Waals surface area contributed by atoms with Crippen LogP contribution in [-0.4, -0.2) is 33.2 Å². The monoisotopic (exact) mass is 341 g/mol. The molecule has 0 aliphatic heterocycles. The summed E-state index contributed by atoms with van der Waals surface area (Å²) in [6.45, 7) is 1.79. The first kappa shape index (κ1) is 15.9. The van der Waals surface area contributed by atoms with Gasteiger partial charge in [-0.25, -0.2) is 0 Å². The van der Waals surface area contributed by atoms with Gasteiger partial charge in [-0.05, 0) is 64.0 Å². The van der Waals surface area contributed by atoms with Gasteiger partial charge in [-0.15, -0.1) is 5.10 Å². The Labute approximate surface area is 142 Å². The molecule has 0 unspecified atom stereocenters. The summed E-state index contributed by atoms with van der Waals surface area (Å²) in [5.74, 6) is 1.01. The van der Waals surface area contributed by atoms with Gasteiger partial charge in [-0.3, -0.25) is 4.79 Å². The zero-order valence-electron chi connectivity index (χ0n) is 13.1. The first-order chi connectivity index (χ1) is 11.7. The van der Waals surface area contributed by atoms with Gasteiger partial charge in [0.05, 0.1) is 7.11 Å². The average molecular weight is 341 g/mol. The summed E-state index contributed by atoms with van der Waals surface area (Å²) in [4.78, 5) is 12.1. The quantitative estimate of drug-likeness (QED) is 0.722. The van der Waals surface area contributed by atoms with Crippen LogP contribution in [0.1, 0.15) is 11.4 Å². The molecule has 0 saturated carbocycles. The third-order valence-electron chi connectivity index (χ3n) is 3.27. The third kappa shape index (κ3) is 3.49. The van der Waals surface area contributed by atoms with Crippen LogP contribution in [0.4, 0.5) is 5.69 Å². The number of amides is 1. The molecule has 0 aliphatic carbocycles. The van der Waals surface area contributed by atoms with Crippen LogP contribution < -0.4 is 10.1 Å². The van der Waals surface area contributed by atoms with Gasteiger partial charge in [0.1, 0.15) is 11.4 Å². The van der Waals surface area contributed by atoms with Gasteiger partial charge in [0, 0.05) is 11.8 Å². The average Bonchev–Trinajstić information content (AvgIpc) is 3.24. The number of nitrogens with one attached hydrogen (secondary N) is 1. The lowest BCUT2D eigenvalue weighted by Gasteiger charge is -2.11. The topological polar surface area (TPSA) is 81.9 Å². The Balaban J connectivity index is 1.82. The van der Waals surface area contributed by atoms with Crippen molar-refractivity contribution in [3.63, 3.8) is 0 Å². The molecule has 2 heterocycles. The first-order valence-electron chi connectivity index (χ1n) is 7.12. The van der Waals surface area contributed by atoms with Gasteiger partial charge in [0.25, 0.3) is 0 Å². The van der Waals surface area contributed by atoms with Crippen molar-refractivity contribution in [3.05, 3.63) is 52.5 Å². The highest BCUT2D eigenvalue weighted by molar-refractivity contribution is 7.08. The van der Waals surface area contributed by atoms with Crippen LogP contribution in [0.5, 0.6) is 5.75 Å². The summed E-state index contributed by atoms with van der Waals surface area (Å²) in [7, 11) is 1.57. The second kappa shape index (κ2) is 7.05. The molecule has 24 heavy (non-hydrogen) atoms. The van der Waals surface area contributed by atoms with E-state index in [-0.39, 0.29) is 5.91 Å². The fraction of sp³-hybridized carbons (Fsp3) is 0.125. The maximum absolute atomic E-state index is 12.1. The largest absolute Gasteiger partial charge is 0.494 e. The van der Waals surface area contributed by atoms with Crippen molar-refractivity contribution in [1.82, 2.24) is 20.2 Å². The molecule has 7 nitrogen and oxygen atoms in total. The molecule has 8 heteroatoms. The molecule has 0 aliphatic rings. The number of nitrogens with zero attached hydrogens (tertiary/aromatic N) is 4. The number of anilines is 1. The van der Waals surface area contributed by atoms with E-state index in [4.69, 9.17) is 4.74 Å². The number of benzene rings is 1. The number of carbonyl (C=O) groups excluding carboxylic acids is 1. The normalized spacial score (nSPS) is 10.9. The predicted molar refractivity (Wildman–Crippen MR) is 92.4 cm³/mol. The Bertz CT molecular complexity index is 870. The number of rotatable bonds is 5. The van der Waals surface area contributed by atoms with Crippen molar-refractivity contribution in [3.8, 4) is 11.4 Å². The van der Waals surface area contributed by atoms with Gasteiger partial charge in [-0.1, -0.05) is 0 Å². The number of aromatic nitrogens is 4. The Morgan fingerprint density at radius 1 is 1.38 bits per heavy atom. The molecule has 3 aromatic rings. The fourth-order valence-corrected chi connectivity index (χ4v) is 2.74. The van der Waals surface area contributed by atoms with Gasteiger partial charge in [-0.2, -0.15) is 16.0 Å². The SMILES string of the molecule is COc1ccc(NC(=O)C=Cc2ccsc2)cc1-n1nnnc1C. The van der Waals surface area contributed by atoms with Crippen molar-refractivity contribution in [1.29, 1.82) is 0 Å². The van der Waals surface area contributed by atoms with Crippen molar-refractivity contribution in [2.24, 2.45) is 0 Å². The maximum Gasteiger partial charge on any atom is 0.248 e. The molecule has 0 fully saturated rings. The molecule has 0 atom stereocenters. The van der Waals surface area contributed by atoms with Gasteiger partial charge < -0.3 is 10.1 Å². The lowest BCUT2D eigenvalue weighted by atomic mass is 10.2. The number of aryl methyl sites for hydroxylation is 1. The molecule has 1 aromatic carbocycles. The smallest absolute Gasteiger partial charge is 0.248 e. The fourth-order valence-electron chi connectivity index (χ4n) is 2.11. The van der Waals surface area contributed by atoms with E-state index >= 15 is 0 Å². The van der Waals surface area contributed by atoms with Gasteiger partial charge in [0.15, 0.2) is 5.82 Å². The van der Waals surface area contributed by atoms with E-state index in [0.717, 1.165) is 5.56 Å². The van der Waals surface area contributed by atoms with E-state index in [2.05, 4.69) is 20.8 Å². The summed E-state index contributed by atoms with van der Waals surface area (Å²) in [5, 5.41) is 18.2. The van der Waals surface area contributed by atoms with Crippen molar-refractivity contribution in [2.75, 3.05) is 12.4 Å². The Morgan fingerprint density at radius 3 is 2.92 bits per heavy atom. The van der Waals surface area contributed by atoms with Crippen LogP contribution in [0.25, 0.3) is 11.8 Å². The number of tetrazole rings is 1. The minimum Gasteiger partial charge on any atom is -0.494 e. The number of carbonyl (C=O) groups is 1. The lowest BCUT2D eigenvalue weighted by molar-refractivity contribution is -0.111. The molecule has 1 N–H and O–H groups in total. The van der Waals surface area contributed by atoms with Crippen LogP contribution in [0, 0.1) is 6.92 Å². The van der Waals surface area contributed by atoms with Gasteiger partial charge >= 0.3 is 0 Å². The summed E-state index contributed by atoms with van der Waals surface area (Å²) in [5.41, 5.74) is 2.27. The number of hydrogen-bond acceptors (Lipinski definition) is 6. The summed E-state index contributed by atoms with van der Waals surface area (Å²) >= 11 is 1.58. The van der Waals surface area contributed by atoms with E-state index in [1.807, 2.05) is 16.8 Å². The molecular weight excluding hydrogens is 326 g/mol. The van der Waals surface area contributed by atoms with Crippen LogP contribution in [-0.2, 0) is 4.79 Å². The highest BCUT2D eigenvalue weighted by atomic mass is 32.1. The zero-order valence-corrected chi connectivity index (χ0v) is 13.9. The van der Waals surface area contributed by atoms with E-state index in [0.29, 0.717) is 22.9 Å². The Morgan fingerprint density at radius 2 is 2.25 bits per heavy atom. The predicted octanol–water partition coefficient (Wildman–Crippen LogP) is 2.69. The second-order valence-electron chi connectivity index (χ2n) is 4.90. The van der Waals surface area contributed by atoms with E-state index in [9.17, 15) is 4.79 Å². The van der Waals surface area contributed by atoms with Crippen LogP contribution in [0.2, 0.25) is 0 Å². The lowest BCUT2D eigenvalue weighted by Crippen LogP contribution is -2.09. The minimum absolute atomic E-state index is 0.217. The second-order valence-corrected chi connectivity index (χ2v) is 5.68. The Kier molecular flexibility index (Phi) is 4.66. The molecule has 0 bridgehead atoms. The van der Waals surface area contributed by atoms with E-state index in [1.54, 1.807) is 54.3 Å². The van der Waals surface area contributed by atoms with Crippen LogP contribution in [0.3, 0.4) is 0 Å². The number of methoxy groups -OCH3 is 1. The molecule has 1 amide bonds. The molecule has 0 saturated heterocycles. The van der Waals surface area contributed by atoms with E-state index < -0.39 is 0 Å². The standard InChI is InChI=1S/C16H15N5O2S/c1-11-18-19-20-21(11)14-9-13(4-5-15(14)23-2)17-16(22)6-3-12-7-8-24-10-12/h3-10H,1-2H3,(H,17,22). The van der Waals surface area contributed by atoms with Crippen LogP contribution in [0.15, 0.2) is 41.1 Å². The van der Waals surface area contributed by atoms with Crippen molar-refractivity contribution < 1.29 is 9.53 Å².